The van der Waals surface area contributed by atoms with Crippen molar-refractivity contribution < 1.29 is 19.2 Å². The van der Waals surface area contributed by atoms with E-state index >= 15 is 0 Å². The van der Waals surface area contributed by atoms with Crippen molar-refractivity contribution in [1.82, 2.24) is 10.0 Å². The molecule has 46 heavy (non-hydrogen) atoms. The Morgan fingerprint density at radius 3 is 0.696 bits per heavy atom. The highest BCUT2D eigenvalue weighted by atomic mass is 16.2. The van der Waals surface area contributed by atoms with Crippen molar-refractivity contribution in [3.8, 4) is 0 Å². The lowest BCUT2D eigenvalue weighted by Gasteiger charge is -2.18. The van der Waals surface area contributed by atoms with Crippen molar-refractivity contribution in [3.63, 3.8) is 0 Å². The minimum atomic E-state index is -1.27. The maximum atomic E-state index is 12.4. The Labute approximate surface area is 283 Å². The number of imide groups is 2. The number of hydrazine groups is 2. The Bertz CT molecular complexity index is 699. The quantitative estimate of drug-likeness (QED) is 0.0245. The SMILES string of the molecule is CCCCCCCCCCCCCCCCCC(=O)N(N)C(=O)C(=O)N(N)C(=O)CCCCCCCCCCCCCCCCC. The van der Waals surface area contributed by atoms with Crippen molar-refractivity contribution in [1.29, 1.82) is 0 Å². The van der Waals surface area contributed by atoms with Gasteiger partial charge in [0.2, 0.25) is 11.8 Å². The van der Waals surface area contributed by atoms with Gasteiger partial charge in [0.25, 0.3) is 0 Å². The summed E-state index contributed by atoms with van der Waals surface area (Å²) in [5.41, 5.74) is 0. The third-order valence-electron chi connectivity index (χ3n) is 9.15. The van der Waals surface area contributed by atoms with Crippen LogP contribution in [0.15, 0.2) is 0 Å². The number of carbonyl (C=O) groups is 4. The zero-order valence-corrected chi connectivity index (χ0v) is 30.3. The van der Waals surface area contributed by atoms with E-state index in [2.05, 4.69) is 13.8 Å². The Morgan fingerprint density at radius 2 is 0.500 bits per heavy atom. The maximum absolute atomic E-state index is 12.4. The van der Waals surface area contributed by atoms with Crippen LogP contribution in [0, 0.1) is 0 Å². The lowest BCUT2D eigenvalue weighted by Crippen LogP contribution is -2.54. The van der Waals surface area contributed by atoms with Gasteiger partial charge in [0.15, 0.2) is 0 Å². The minimum absolute atomic E-state index is 0.0887. The normalized spacial score (nSPS) is 11.1. The summed E-state index contributed by atoms with van der Waals surface area (Å²) in [7, 11) is 0. The van der Waals surface area contributed by atoms with Gasteiger partial charge in [-0.2, -0.15) is 0 Å². The number of nitrogens with two attached hydrogens (primary N) is 2. The summed E-state index contributed by atoms with van der Waals surface area (Å²) in [5.74, 6) is 7.44. The van der Waals surface area contributed by atoms with Crippen LogP contribution in [0.3, 0.4) is 0 Å². The average Bonchev–Trinajstić information content (AvgIpc) is 3.06. The monoisotopic (exact) mass is 651 g/mol. The van der Waals surface area contributed by atoms with Gasteiger partial charge in [0.1, 0.15) is 0 Å². The van der Waals surface area contributed by atoms with Crippen molar-refractivity contribution in [2.45, 2.75) is 219 Å². The van der Waals surface area contributed by atoms with E-state index in [0.717, 1.165) is 38.5 Å². The summed E-state index contributed by atoms with van der Waals surface area (Å²) in [6.45, 7) is 4.51. The summed E-state index contributed by atoms with van der Waals surface area (Å²) in [6, 6.07) is 0. The molecule has 4 amide bonds. The Kier molecular flexibility index (Phi) is 31.8. The molecule has 0 atom stereocenters. The van der Waals surface area contributed by atoms with Crippen LogP contribution < -0.4 is 11.7 Å². The van der Waals surface area contributed by atoms with Gasteiger partial charge in [0.05, 0.1) is 0 Å². The van der Waals surface area contributed by atoms with Crippen LogP contribution in [0.2, 0.25) is 0 Å². The minimum Gasteiger partial charge on any atom is -0.273 e. The van der Waals surface area contributed by atoms with E-state index in [9.17, 15) is 19.2 Å². The zero-order valence-electron chi connectivity index (χ0n) is 30.3. The maximum Gasteiger partial charge on any atom is 0.334 e. The van der Waals surface area contributed by atoms with Gasteiger partial charge in [-0.1, -0.05) is 194 Å². The fourth-order valence-corrected chi connectivity index (χ4v) is 5.97. The van der Waals surface area contributed by atoms with Gasteiger partial charge < -0.3 is 0 Å². The Balaban J connectivity index is 3.78. The molecular weight excluding hydrogens is 576 g/mol. The van der Waals surface area contributed by atoms with Crippen LogP contribution in [0.1, 0.15) is 219 Å². The third-order valence-corrected chi connectivity index (χ3v) is 9.15. The Hall–Kier alpha value is -1.80. The summed E-state index contributed by atoms with van der Waals surface area (Å²) in [5, 5.41) is 0.625. The summed E-state index contributed by atoms with van der Waals surface area (Å²) < 4.78 is 0. The van der Waals surface area contributed by atoms with Crippen LogP contribution in [-0.4, -0.2) is 33.6 Å². The second-order valence-corrected chi connectivity index (χ2v) is 13.5. The largest absolute Gasteiger partial charge is 0.334 e. The van der Waals surface area contributed by atoms with Gasteiger partial charge in [-0.15, -0.1) is 0 Å². The second-order valence-electron chi connectivity index (χ2n) is 13.5. The zero-order chi connectivity index (χ0) is 34.1. The molecule has 0 unspecified atom stereocenters. The van der Waals surface area contributed by atoms with Crippen molar-refractivity contribution in [3.05, 3.63) is 0 Å². The standard InChI is InChI=1S/C38H74N4O4/c1-3-5-7-9-11-13-15-17-19-21-23-25-27-29-31-33-35(43)41(39)37(45)38(46)42(40)36(44)34-32-30-28-26-24-22-20-18-16-14-12-10-8-6-4-2/h3-34,39-40H2,1-2H3. The van der Waals surface area contributed by atoms with E-state index in [4.69, 9.17) is 11.7 Å². The van der Waals surface area contributed by atoms with E-state index in [-0.39, 0.29) is 12.8 Å². The molecule has 0 saturated heterocycles. The molecule has 0 spiro atoms. The smallest absolute Gasteiger partial charge is 0.273 e. The molecular formula is C38H74N4O4. The van der Waals surface area contributed by atoms with E-state index in [0.29, 0.717) is 22.9 Å². The summed E-state index contributed by atoms with van der Waals surface area (Å²) >= 11 is 0. The van der Waals surface area contributed by atoms with E-state index in [1.54, 1.807) is 0 Å². The van der Waals surface area contributed by atoms with E-state index in [1.807, 2.05) is 0 Å². The second kappa shape index (κ2) is 33.1. The number of hydrogen-bond donors (Lipinski definition) is 2. The first-order valence-corrected chi connectivity index (χ1v) is 19.6. The molecule has 270 valence electrons. The fraction of sp³-hybridized carbons (Fsp3) is 0.895. The molecule has 0 rings (SSSR count). The van der Waals surface area contributed by atoms with Crippen LogP contribution in [-0.2, 0) is 19.2 Å². The molecule has 0 aromatic rings. The number of amides is 4. The Morgan fingerprint density at radius 1 is 0.326 bits per heavy atom. The van der Waals surface area contributed by atoms with Crippen LogP contribution in [0.4, 0.5) is 0 Å². The number of rotatable bonds is 32. The number of nitrogens with zero attached hydrogens (tertiary/aromatic N) is 2. The third kappa shape index (κ3) is 26.3. The van der Waals surface area contributed by atoms with Gasteiger partial charge in [0, 0.05) is 12.8 Å². The molecule has 4 N–H and O–H groups in total. The molecule has 0 bridgehead atoms. The highest BCUT2D eigenvalue weighted by molar-refractivity contribution is 6.39. The van der Waals surface area contributed by atoms with E-state index in [1.165, 1.54) is 141 Å². The highest BCUT2D eigenvalue weighted by Gasteiger charge is 2.30. The molecule has 0 aromatic heterocycles. The van der Waals surface area contributed by atoms with Crippen molar-refractivity contribution in [2.24, 2.45) is 11.7 Å². The van der Waals surface area contributed by atoms with Crippen molar-refractivity contribution in [2.75, 3.05) is 0 Å². The van der Waals surface area contributed by atoms with Gasteiger partial charge in [-0.25, -0.2) is 21.7 Å². The van der Waals surface area contributed by atoms with Gasteiger partial charge in [-0.3, -0.25) is 19.2 Å². The number of unbranched alkanes of at least 4 members (excludes halogenated alkanes) is 28. The fourth-order valence-electron chi connectivity index (χ4n) is 5.97. The van der Waals surface area contributed by atoms with Crippen molar-refractivity contribution >= 4 is 23.6 Å². The molecule has 0 aliphatic rings. The first-order chi connectivity index (χ1) is 22.4. The average molecular weight is 651 g/mol. The predicted molar refractivity (Wildman–Crippen MR) is 191 cm³/mol. The molecule has 0 aromatic carbocycles. The number of carbonyl (C=O) groups excluding carboxylic acids is 4. The first-order valence-electron chi connectivity index (χ1n) is 19.6. The summed E-state index contributed by atoms with van der Waals surface area (Å²) in [6.07, 6.45) is 36.7. The molecule has 0 heterocycles. The highest BCUT2D eigenvalue weighted by Crippen LogP contribution is 2.15. The van der Waals surface area contributed by atoms with E-state index < -0.39 is 23.6 Å². The molecule has 0 aliphatic carbocycles. The van der Waals surface area contributed by atoms with Gasteiger partial charge in [-0.05, 0) is 12.8 Å². The number of hydrogen-bond acceptors (Lipinski definition) is 6. The molecule has 0 saturated carbocycles. The molecule has 8 nitrogen and oxygen atoms in total. The molecule has 0 radical (unpaired) electrons. The molecule has 0 fully saturated rings. The molecule has 0 aliphatic heterocycles. The molecule has 8 heteroatoms. The lowest BCUT2D eigenvalue weighted by molar-refractivity contribution is -0.160. The van der Waals surface area contributed by atoms with Crippen LogP contribution in [0.25, 0.3) is 0 Å². The lowest BCUT2D eigenvalue weighted by atomic mass is 10.0. The van der Waals surface area contributed by atoms with Crippen LogP contribution in [0.5, 0.6) is 0 Å². The van der Waals surface area contributed by atoms with Crippen LogP contribution >= 0.6 is 0 Å². The predicted octanol–water partition coefficient (Wildman–Crippen LogP) is 9.97. The topological polar surface area (TPSA) is 127 Å². The van der Waals surface area contributed by atoms with Gasteiger partial charge >= 0.3 is 11.8 Å². The first kappa shape index (κ1) is 44.2. The summed E-state index contributed by atoms with van der Waals surface area (Å²) in [4.78, 5) is 49.4.